The molecular formula is C14H21N3O2. The predicted octanol–water partition coefficient (Wildman–Crippen LogP) is 1.24. The third kappa shape index (κ3) is 4.71. The maximum Gasteiger partial charge on any atom is 0.234 e. The van der Waals surface area contributed by atoms with Crippen LogP contribution in [0.2, 0.25) is 0 Å². The van der Waals surface area contributed by atoms with E-state index in [1.807, 2.05) is 38.1 Å². The van der Waals surface area contributed by atoms with Crippen LogP contribution in [0.1, 0.15) is 26.3 Å². The van der Waals surface area contributed by atoms with Crippen LogP contribution in [0.4, 0.5) is 5.69 Å². The van der Waals surface area contributed by atoms with Crippen LogP contribution >= 0.6 is 0 Å². The Morgan fingerprint density at radius 3 is 2.42 bits per heavy atom. The molecule has 0 aliphatic heterocycles. The van der Waals surface area contributed by atoms with Crippen LogP contribution < -0.4 is 16.4 Å². The van der Waals surface area contributed by atoms with Gasteiger partial charge in [0.05, 0.1) is 6.04 Å². The van der Waals surface area contributed by atoms with Gasteiger partial charge in [0.25, 0.3) is 0 Å². The second-order valence-electron chi connectivity index (χ2n) is 4.84. The Morgan fingerprint density at radius 1 is 1.26 bits per heavy atom. The van der Waals surface area contributed by atoms with Crippen molar-refractivity contribution in [2.24, 2.45) is 11.7 Å². The van der Waals surface area contributed by atoms with Gasteiger partial charge in [-0.05, 0) is 17.5 Å². The number of carbonyl (C=O) groups excluding carboxylic acids is 2. The molecule has 5 nitrogen and oxygen atoms in total. The number of anilines is 1. The average molecular weight is 263 g/mol. The minimum atomic E-state index is -0.384. The second kappa shape index (κ2) is 6.89. The summed E-state index contributed by atoms with van der Waals surface area (Å²) < 4.78 is 0. The minimum absolute atomic E-state index is 0.116. The summed E-state index contributed by atoms with van der Waals surface area (Å²) in [6.07, 6.45) is 0. The first-order valence-electron chi connectivity index (χ1n) is 6.30. The number of hydrogen-bond donors (Lipinski definition) is 3. The van der Waals surface area contributed by atoms with Crippen molar-refractivity contribution in [3.05, 3.63) is 29.8 Å². The van der Waals surface area contributed by atoms with E-state index in [0.29, 0.717) is 6.54 Å². The molecule has 0 bridgehead atoms. The van der Waals surface area contributed by atoms with Crippen molar-refractivity contribution >= 4 is 17.5 Å². The average Bonchev–Trinajstić information content (AvgIpc) is 2.29. The number of carbonyl (C=O) groups is 2. The van der Waals surface area contributed by atoms with E-state index in [1.54, 1.807) is 0 Å². The lowest BCUT2D eigenvalue weighted by atomic mass is 10.0. The van der Waals surface area contributed by atoms with E-state index < -0.39 is 0 Å². The maximum absolute atomic E-state index is 11.3. The van der Waals surface area contributed by atoms with Gasteiger partial charge in [0, 0.05) is 19.2 Å². The summed E-state index contributed by atoms with van der Waals surface area (Å²) in [5.74, 6) is -0.375. The number of nitrogens with one attached hydrogen (secondary N) is 2. The minimum Gasteiger partial charge on any atom is -0.368 e. The molecule has 1 unspecified atom stereocenters. The molecule has 1 aromatic carbocycles. The summed E-state index contributed by atoms with van der Waals surface area (Å²) in [4.78, 5) is 22.4. The van der Waals surface area contributed by atoms with Crippen molar-refractivity contribution in [2.75, 3.05) is 5.32 Å². The van der Waals surface area contributed by atoms with Crippen molar-refractivity contribution in [3.63, 3.8) is 0 Å². The molecule has 0 radical (unpaired) electrons. The van der Waals surface area contributed by atoms with E-state index in [4.69, 9.17) is 5.73 Å². The van der Waals surface area contributed by atoms with Crippen LogP contribution in [0.15, 0.2) is 24.3 Å². The monoisotopic (exact) mass is 263 g/mol. The third-order valence-electron chi connectivity index (χ3n) is 2.81. The number of amides is 2. The molecule has 0 aromatic heterocycles. The summed E-state index contributed by atoms with van der Waals surface area (Å²) in [7, 11) is 0. The number of benzene rings is 1. The lowest BCUT2D eigenvalue weighted by Crippen LogP contribution is -2.44. The molecule has 0 aliphatic carbocycles. The zero-order chi connectivity index (χ0) is 14.4. The zero-order valence-corrected chi connectivity index (χ0v) is 11.6. The fourth-order valence-electron chi connectivity index (χ4n) is 1.87. The van der Waals surface area contributed by atoms with Crippen LogP contribution in [0.25, 0.3) is 0 Å². The standard InChI is InChI=1S/C14H21N3O2/c1-9(2)13(14(15)19)16-8-11-6-4-5-7-12(11)17-10(3)18/h4-7,9,13,16H,8H2,1-3H3,(H2,15,19)(H,17,18). The van der Waals surface area contributed by atoms with E-state index in [-0.39, 0.29) is 23.8 Å². The highest BCUT2D eigenvalue weighted by Crippen LogP contribution is 2.15. The fraction of sp³-hybridized carbons (Fsp3) is 0.429. The van der Waals surface area contributed by atoms with Crippen LogP contribution in [0, 0.1) is 5.92 Å². The van der Waals surface area contributed by atoms with Crippen LogP contribution in [-0.2, 0) is 16.1 Å². The fourth-order valence-corrected chi connectivity index (χ4v) is 1.87. The third-order valence-corrected chi connectivity index (χ3v) is 2.81. The summed E-state index contributed by atoms with van der Waals surface area (Å²) in [5, 5.41) is 5.88. The smallest absolute Gasteiger partial charge is 0.234 e. The zero-order valence-electron chi connectivity index (χ0n) is 11.6. The van der Waals surface area contributed by atoms with Crippen LogP contribution in [0.3, 0.4) is 0 Å². The highest BCUT2D eigenvalue weighted by molar-refractivity contribution is 5.89. The van der Waals surface area contributed by atoms with Crippen LogP contribution in [-0.4, -0.2) is 17.9 Å². The first-order chi connectivity index (χ1) is 8.91. The van der Waals surface area contributed by atoms with Gasteiger partial charge in [-0.25, -0.2) is 0 Å². The van der Waals surface area contributed by atoms with Gasteiger partial charge in [-0.1, -0.05) is 32.0 Å². The second-order valence-corrected chi connectivity index (χ2v) is 4.84. The van der Waals surface area contributed by atoms with Crippen molar-refractivity contribution in [3.8, 4) is 0 Å². The quantitative estimate of drug-likeness (QED) is 0.722. The molecule has 0 saturated heterocycles. The van der Waals surface area contributed by atoms with Gasteiger partial charge in [0.1, 0.15) is 0 Å². The summed E-state index contributed by atoms with van der Waals surface area (Å²) in [5.41, 5.74) is 7.02. The number of nitrogens with two attached hydrogens (primary N) is 1. The molecule has 19 heavy (non-hydrogen) atoms. The normalized spacial score (nSPS) is 12.2. The molecule has 1 rings (SSSR count). The van der Waals surface area contributed by atoms with Gasteiger partial charge in [0.2, 0.25) is 11.8 Å². The maximum atomic E-state index is 11.3. The van der Waals surface area contributed by atoms with Crippen molar-refractivity contribution in [1.29, 1.82) is 0 Å². The van der Waals surface area contributed by atoms with Gasteiger partial charge >= 0.3 is 0 Å². The SMILES string of the molecule is CC(=O)Nc1ccccc1CNC(C(N)=O)C(C)C. The Hall–Kier alpha value is -1.88. The van der Waals surface area contributed by atoms with Gasteiger partial charge in [-0.15, -0.1) is 0 Å². The van der Waals surface area contributed by atoms with E-state index in [0.717, 1.165) is 11.3 Å². The molecule has 4 N–H and O–H groups in total. The molecule has 0 spiro atoms. The molecule has 2 amide bonds. The number of primary amides is 1. The van der Waals surface area contributed by atoms with Gasteiger partial charge in [-0.3, -0.25) is 9.59 Å². The lowest BCUT2D eigenvalue weighted by Gasteiger charge is -2.20. The van der Waals surface area contributed by atoms with Gasteiger partial charge in [-0.2, -0.15) is 0 Å². The summed E-state index contributed by atoms with van der Waals surface area (Å²) in [6.45, 7) is 5.80. The first kappa shape index (κ1) is 15.2. The lowest BCUT2D eigenvalue weighted by molar-refractivity contribution is -0.121. The number of para-hydroxylation sites is 1. The largest absolute Gasteiger partial charge is 0.368 e. The van der Waals surface area contributed by atoms with E-state index >= 15 is 0 Å². The molecule has 1 atom stereocenters. The van der Waals surface area contributed by atoms with Crippen molar-refractivity contribution < 1.29 is 9.59 Å². The topological polar surface area (TPSA) is 84.2 Å². The highest BCUT2D eigenvalue weighted by atomic mass is 16.2. The van der Waals surface area contributed by atoms with E-state index in [1.165, 1.54) is 6.92 Å². The van der Waals surface area contributed by atoms with Gasteiger partial charge < -0.3 is 16.4 Å². The molecule has 0 fully saturated rings. The van der Waals surface area contributed by atoms with Crippen molar-refractivity contribution in [2.45, 2.75) is 33.4 Å². The first-order valence-corrected chi connectivity index (χ1v) is 6.30. The Bertz CT molecular complexity index is 458. The highest BCUT2D eigenvalue weighted by Gasteiger charge is 2.18. The number of hydrogen-bond acceptors (Lipinski definition) is 3. The molecule has 104 valence electrons. The molecule has 1 aromatic rings. The molecule has 5 heteroatoms. The summed E-state index contributed by atoms with van der Waals surface area (Å²) >= 11 is 0. The van der Waals surface area contributed by atoms with E-state index in [2.05, 4.69) is 10.6 Å². The molecule has 0 saturated carbocycles. The molecular weight excluding hydrogens is 242 g/mol. The predicted molar refractivity (Wildman–Crippen MR) is 75.4 cm³/mol. The Balaban J connectivity index is 2.76. The number of rotatable bonds is 6. The Labute approximate surface area is 113 Å². The molecule has 0 aliphatic rings. The van der Waals surface area contributed by atoms with Crippen molar-refractivity contribution in [1.82, 2.24) is 5.32 Å². The Kier molecular flexibility index (Phi) is 5.51. The Morgan fingerprint density at radius 2 is 1.89 bits per heavy atom. The van der Waals surface area contributed by atoms with Crippen LogP contribution in [0.5, 0.6) is 0 Å². The molecule has 0 heterocycles. The summed E-state index contributed by atoms with van der Waals surface area (Å²) in [6, 6.07) is 7.08. The van der Waals surface area contributed by atoms with E-state index in [9.17, 15) is 9.59 Å². The van der Waals surface area contributed by atoms with Gasteiger partial charge in [0.15, 0.2) is 0 Å².